The highest BCUT2D eigenvalue weighted by atomic mass is 35.5. The zero-order valence-corrected chi connectivity index (χ0v) is 10.3. The Hall–Kier alpha value is -1.98. The van der Waals surface area contributed by atoms with Gasteiger partial charge in [-0.2, -0.15) is 0 Å². The number of pyridine rings is 1. The summed E-state index contributed by atoms with van der Waals surface area (Å²) < 4.78 is 0. The fraction of sp³-hybridized carbons (Fsp3) is 0.0833. The summed E-state index contributed by atoms with van der Waals surface area (Å²) in [7, 11) is 0. The Balaban J connectivity index is 1.91. The van der Waals surface area contributed by atoms with Crippen LogP contribution in [0.4, 0.5) is 0 Å². The van der Waals surface area contributed by atoms with Crippen molar-refractivity contribution in [2.75, 3.05) is 0 Å². The van der Waals surface area contributed by atoms with Crippen LogP contribution in [0.1, 0.15) is 5.56 Å². The maximum absolute atomic E-state index is 5.97. The van der Waals surface area contributed by atoms with Gasteiger partial charge in [0.2, 0.25) is 0 Å². The number of H-pyrrole nitrogens is 1. The number of aromatic nitrogens is 2. The van der Waals surface area contributed by atoms with Crippen molar-refractivity contribution in [2.45, 2.75) is 6.42 Å². The van der Waals surface area contributed by atoms with E-state index >= 15 is 0 Å². The lowest BCUT2D eigenvalue weighted by Crippen LogP contribution is -2.37. The molecule has 2 aromatic rings. The summed E-state index contributed by atoms with van der Waals surface area (Å²) in [4.78, 5) is 7.37. The Labute approximate surface area is 109 Å². The van der Waals surface area contributed by atoms with E-state index in [1.54, 1.807) is 12.4 Å². The second-order valence-electron chi connectivity index (χ2n) is 4.11. The monoisotopic (exact) mass is 261 g/mol. The van der Waals surface area contributed by atoms with Gasteiger partial charge in [-0.25, -0.2) is 15.9 Å². The molecule has 0 aliphatic carbocycles. The van der Waals surface area contributed by atoms with E-state index in [9.17, 15) is 0 Å². The molecule has 0 bridgehead atoms. The van der Waals surface area contributed by atoms with E-state index < -0.39 is 0 Å². The number of nitrogens with two attached hydrogens (primary N) is 1. The molecule has 6 heteroatoms. The molecule has 0 saturated carbocycles. The molecule has 0 saturated heterocycles. The van der Waals surface area contributed by atoms with Crippen LogP contribution in [0.15, 0.2) is 42.5 Å². The molecule has 92 valence electrons. The lowest BCUT2D eigenvalue weighted by atomic mass is 10.1. The zero-order valence-electron chi connectivity index (χ0n) is 9.52. The van der Waals surface area contributed by atoms with E-state index in [0.717, 1.165) is 28.6 Å². The van der Waals surface area contributed by atoms with Crippen LogP contribution in [-0.2, 0) is 6.42 Å². The molecular weight excluding hydrogens is 250 g/mol. The van der Waals surface area contributed by atoms with Gasteiger partial charge in [0.25, 0.3) is 0 Å². The predicted octanol–water partition coefficient (Wildman–Crippen LogP) is 1.85. The van der Waals surface area contributed by atoms with Gasteiger partial charge >= 0.3 is 0 Å². The Morgan fingerprint density at radius 3 is 3.11 bits per heavy atom. The molecule has 5 nitrogen and oxygen atoms in total. The first kappa shape index (κ1) is 11.1. The molecule has 4 N–H and O–H groups in total. The summed E-state index contributed by atoms with van der Waals surface area (Å²) >= 11 is 5.97. The molecule has 1 aliphatic rings. The Bertz CT molecular complexity index is 643. The summed E-state index contributed by atoms with van der Waals surface area (Å²) in [6.45, 7) is 0. The van der Waals surface area contributed by atoms with Crippen LogP contribution in [0.25, 0.3) is 11.0 Å². The molecule has 1 aliphatic heterocycles. The van der Waals surface area contributed by atoms with Crippen molar-refractivity contribution in [3.05, 3.63) is 53.1 Å². The zero-order chi connectivity index (χ0) is 12.5. The molecule has 0 unspecified atom stereocenters. The molecule has 2 aromatic heterocycles. The summed E-state index contributed by atoms with van der Waals surface area (Å²) in [6.07, 6.45) is 9.99. The quantitative estimate of drug-likeness (QED) is 0.722. The van der Waals surface area contributed by atoms with Crippen molar-refractivity contribution in [1.82, 2.24) is 20.5 Å². The lowest BCUT2D eigenvalue weighted by Gasteiger charge is -2.18. The standard InChI is InChI=1S/C12H12ClN5/c13-10-4-11-9(6-15-12(11)16-7-10)3-8-1-2-18(14)17-5-8/h1-2,4-7,17H,3,14H2,(H,15,16). The van der Waals surface area contributed by atoms with Crippen LogP contribution in [0.2, 0.25) is 5.02 Å². The highest BCUT2D eigenvalue weighted by Crippen LogP contribution is 2.23. The van der Waals surface area contributed by atoms with Crippen molar-refractivity contribution in [2.24, 2.45) is 5.84 Å². The second kappa shape index (κ2) is 4.36. The third-order valence-corrected chi connectivity index (χ3v) is 3.03. The lowest BCUT2D eigenvalue weighted by molar-refractivity contribution is 0.323. The molecule has 0 fully saturated rings. The number of allylic oxidation sites excluding steroid dienone is 2. The molecule has 0 spiro atoms. The SMILES string of the molecule is NN1C=CC(Cc2c[nH]c3ncc(Cl)cc23)=CN1. The Kier molecular flexibility index (Phi) is 2.70. The molecule has 18 heavy (non-hydrogen) atoms. The first-order chi connectivity index (χ1) is 8.72. The van der Waals surface area contributed by atoms with Crippen LogP contribution >= 0.6 is 11.6 Å². The minimum Gasteiger partial charge on any atom is -0.346 e. The Morgan fingerprint density at radius 2 is 2.33 bits per heavy atom. The van der Waals surface area contributed by atoms with Crippen LogP contribution in [0.3, 0.4) is 0 Å². The predicted molar refractivity (Wildman–Crippen MR) is 71.2 cm³/mol. The molecule has 0 atom stereocenters. The smallest absolute Gasteiger partial charge is 0.137 e. The summed E-state index contributed by atoms with van der Waals surface area (Å²) in [5.74, 6) is 5.54. The highest BCUT2D eigenvalue weighted by molar-refractivity contribution is 6.31. The molecule has 0 radical (unpaired) electrons. The summed E-state index contributed by atoms with van der Waals surface area (Å²) in [6, 6.07) is 1.92. The molecular formula is C12H12ClN5. The minimum absolute atomic E-state index is 0.641. The number of hydrogen-bond donors (Lipinski definition) is 3. The summed E-state index contributed by atoms with van der Waals surface area (Å²) in [5.41, 5.74) is 6.06. The second-order valence-corrected chi connectivity index (χ2v) is 4.55. The van der Waals surface area contributed by atoms with Crippen LogP contribution in [0.5, 0.6) is 0 Å². The van der Waals surface area contributed by atoms with Gasteiger partial charge < -0.3 is 4.98 Å². The number of nitrogens with zero attached hydrogens (tertiary/aromatic N) is 2. The number of rotatable bonds is 2. The highest BCUT2D eigenvalue weighted by Gasteiger charge is 2.08. The number of aromatic amines is 1. The van der Waals surface area contributed by atoms with E-state index in [0.29, 0.717) is 5.02 Å². The number of hydrazine groups is 2. The number of fused-ring (bicyclic) bond motifs is 1. The van der Waals surface area contributed by atoms with Gasteiger partial charge in [0.05, 0.1) is 5.02 Å². The minimum atomic E-state index is 0.641. The first-order valence-corrected chi connectivity index (χ1v) is 5.89. The van der Waals surface area contributed by atoms with E-state index in [2.05, 4.69) is 15.4 Å². The maximum Gasteiger partial charge on any atom is 0.137 e. The fourth-order valence-corrected chi connectivity index (χ4v) is 2.09. The van der Waals surface area contributed by atoms with Gasteiger partial charge in [-0.3, -0.25) is 5.43 Å². The van der Waals surface area contributed by atoms with Crippen molar-refractivity contribution in [3.8, 4) is 0 Å². The van der Waals surface area contributed by atoms with E-state index in [4.69, 9.17) is 17.4 Å². The van der Waals surface area contributed by atoms with Crippen molar-refractivity contribution in [3.63, 3.8) is 0 Å². The normalized spacial score (nSPS) is 14.8. The molecule has 3 heterocycles. The van der Waals surface area contributed by atoms with E-state index in [1.807, 2.05) is 24.5 Å². The van der Waals surface area contributed by atoms with Crippen LogP contribution in [-0.4, -0.2) is 15.1 Å². The first-order valence-electron chi connectivity index (χ1n) is 5.51. The summed E-state index contributed by atoms with van der Waals surface area (Å²) in [5, 5.41) is 3.09. The van der Waals surface area contributed by atoms with Gasteiger partial charge in [0, 0.05) is 36.6 Å². The van der Waals surface area contributed by atoms with Gasteiger partial charge in [0.15, 0.2) is 0 Å². The molecule has 3 rings (SSSR count). The van der Waals surface area contributed by atoms with E-state index in [1.165, 1.54) is 5.12 Å². The largest absolute Gasteiger partial charge is 0.346 e. The van der Waals surface area contributed by atoms with E-state index in [-0.39, 0.29) is 0 Å². The van der Waals surface area contributed by atoms with Crippen LogP contribution < -0.4 is 11.3 Å². The third kappa shape index (κ3) is 2.05. The van der Waals surface area contributed by atoms with Gasteiger partial charge in [-0.1, -0.05) is 11.6 Å². The van der Waals surface area contributed by atoms with Gasteiger partial charge in [-0.05, 0) is 23.3 Å². The van der Waals surface area contributed by atoms with Crippen molar-refractivity contribution in [1.29, 1.82) is 0 Å². The number of nitrogens with one attached hydrogen (secondary N) is 2. The topological polar surface area (TPSA) is 70.0 Å². The van der Waals surface area contributed by atoms with Crippen molar-refractivity contribution < 1.29 is 0 Å². The molecule has 0 aromatic carbocycles. The van der Waals surface area contributed by atoms with Gasteiger partial charge in [-0.15, -0.1) is 0 Å². The third-order valence-electron chi connectivity index (χ3n) is 2.83. The molecule has 0 amide bonds. The number of hydrogen-bond acceptors (Lipinski definition) is 4. The average Bonchev–Trinajstić information content (AvgIpc) is 2.75. The Morgan fingerprint density at radius 1 is 1.44 bits per heavy atom. The van der Waals surface area contributed by atoms with Crippen LogP contribution in [0, 0.1) is 0 Å². The maximum atomic E-state index is 5.97. The average molecular weight is 262 g/mol. The van der Waals surface area contributed by atoms with Crippen molar-refractivity contribution >= 4 is 22.6 Å². The number of halogens is 1. The van der Waals surface area contributed by atoms with Gasteiger partial charge in [0.1, 0.15) is 5.65 Å². The fourth-order valence-electron chi connectivity index (χ4n) is 1.93.